The van der Waals surface area contributed by atoms with Crippen molar-refractivity contribution < 1.29 is 13.5 Å². The zero-order valence-corrected chi connectivity index (χ0v) is 10.3. The van der Waals surface area contributed by atoms with Crippen LogP contribution in [0.15, 0.2) is 47.9 Å². The minimum Gasteiger partial charge on any atom is -0.433 e. The van der Waals surface area contributed by atoms with Crippen molar-refractivity contribution in [3.63, 3.8) is 0 Å². The Morgan fingerprint density at radius 3 is 2.89 bits per heavy atom. The van der Waals surface area contributed by atoms with Crippen molar-refractivity contribution in [2.75, 3.05) is 5.43 Å². The van der Waals surface area contributed by atoms with Gasteiger partial charge in [0.05, 0.1) is 11.9 Å². The molecule has 1 aromatic rings. The Kier molecular flexibility index (Phi) is 3.91. The summed E-state index contributed by atoms with van der Waals surface area (Å²) < 4.78 is 32.4. The van der Waals surface area contributed by atoms with Crippen LogP contribution >= 0.6 is 0 Å². The molecule has 1 aliphatic carbocycles. The van der Waals surface area contributed by atoms with Gasteiger partial charge in [-0.2, -0.15) is 0 Å². The Hall–Kier alpha value is -2.21. The molecule has 6 heteroatoms. The molecular formula is C13H13F2N3O. The van der Waals surface area contributed by atoms with Gasteiger partial charge >= 0.3 is 0 Å². The number of aryl methyl sites for hydroxylation is 1. The number of nitrogens with zero attached hydrogens (tertiary/aromatic N) is 1. The van der Waals surface area contributed by atoms with Gasteiger partial charge in [0.2, 0.25) is 5.88 Å². The van der Waals surface area contributed by atoms with Crippen molar-refractivity contribution in [2.45, 2.75) is 13.3 Å². The van der Waals surface area contributed by atoms with Crippen molar-refractivity contribution in [3.05, 3.63) is 53.5 Å². The highest BCUT2D eigenvalue weighted by Crippen LogP contribution is 2.26. The van der Waals surface area contributed by atoms with E-state index in [0.717, 1.165) is 5.56 Å². The lowest BCUT2D eigenvalue weighted by Gasteiger charge is -2.10. The summed E-state index contributed by atoms with van der Waals surface area (Å²) in [4.78, 5) is 3.92. The second kappa shape index (κ2) is 5.62. The Bertz CT molecular complexity index is 579. The monoisotopic (exact) mass is 265 g/mol. The minimum atomic E-state index is -0.772. The van der Waals surface area contributed by atoms with Crippen molar-refractivity contribution in [1.29, 1.82) is 0 Å². The smallest absolute Gasteiger partial charge is 0.219 e. The second-order valence-electron chi connectivity index (χ2n) is 3.95. The predicted molar refractivity (Wildman–Crippen MR) is 68.5 cm³/mol. The van der Waals surface area contributed by atoms with Crippen LogP contribution in [-0.2, 0) is 0 Å². The second-order valence-corrected chi connectivity index (χ2v) is 3.95. The van der Waals surface area contributed by atoms with Crippen molar-refractivity contribution >= 4 is 5.69 Å². The van der Waals surface area contributed by atoms with Crippen LogP contribution in [0.5, 0.6) is 5.88 Å². The molecule has 2 rings (SSSR count). The molecule has 0 saturated heterocycles. The molecule has 0 unspecified atom stereocenters. The predicted octanol–water partition coefficient (Wildman–Crippen LogP) is 3.05. The normalized spacial score (nSPS) is 15.1. The maximum atomic E-state index is 13.6. The number of rotatable bonds is 3. The van der Waals surface area contributed by atoms with E-state index in [1.54, 1.807) is 6.92 Å². The molecule has 0 radical (unpaired) electrons. The van der Waals surface area contributed by atoms with E-state index in [1.807, 2.05) is 0 Å². The van der Waals surface area contributed by atoms with E-state index in [4.69, 9.17) is 10.6 Å². The number of nitrogens with one attached hydrogen (secondary N) is 1. The average molecular weight is 265 g/mol. The highest BCUT2D eigenvalue weighted by Gasteiger charge is 2.16. The quantitative estimate of drug-likeness (QED) is 0.651. The van der Waals surface area contributed by atoms with E-state index in [-0.39, 0.29) is 5.88 Å². The number of hydrogen-bond acceptors (Lipinski definition) is 4. The molecular weight excluding hydrogens is 252 g/mol. The van der Waals surface area contributed by atoms with Crippen LogP contribution in [0.2, 0.25) is 0 Å². The Morgan fingerprint density at radius 1 is 1.42 bits per heavy atom. The number of halogens is 2. The molecule has 0 atom stereocenters. The lowest BCUT2D eigenvalue weighted by molar-refractivity contribution is 0.369. The van der Waals surface area contributed by atoms with Gasteiger partial charge in [-0.1, -0.05) is 6.08 Å². The first-order valence-corrected chi connectivity index (χ1v) is 5.65. The number of hydrazine groups is 1. The Morgan fingerprint density at radius 2 is 2.21 bits per heavy atom. The fraction of sp³-hybridized carbons (Fsp3) is 0.154. The van der Waals surface area contributed by atoms with Crippen LogP contribution in [0, 0.1) is 6.92 Å². The van der Waals surface area contributed by atoms with Crippen LogP contribution in [0.25, 0.3) is 0 Å². The Labute approximate surface area is 109 Å². The van der Waals surface area contributed by atoms with E-state index < -0.39 is 17.4 Å². The van der Waals surface area contributed by atoms with Crippen molar-refractivity contribution in [2.24, 2.45) is 5.84 Å². The summed E-state index contributed by atoms with van der Waals surface area (Å²) in [6.45, 7) is 1.77. The molecule has 0 spiro atoms. The molecule has 0 aliphatic heterocycles. The number of nitrogens with two attached hydrogens (primary N) is 1. The van der Waals surface area contributed by atoms with Crippen LogP contribution in [0.1, 0.15) is 12.0 Å². The molecule has 1 heterocycles. The highest BCUT2D eigenvalue weighted by atomic mass is 19.1. The number of ether oxygens (including phenoxy) is 1. The molecule has 1 aromatic heterocycles. The number of aromatic nitrogens is 1. The SMILES string of the molecule is Cc1cc(OC2=C(F)C=CCC=C2F)ncc1NN. The number of anilines is 1. The topological polar surface area (TPSA) is 60.2 Å². The van der Waals surface area contributed by atoms with Crippen molar-refractivity contribution in [3.8, 4) is 5.88 Å². The fourth-order valence-corrected chi connectivity index (χ4v) is 1.56. The number of nitrogen functional groups attached to an aromatic ring is 1. The molecule has 19 heavy (non-hydrogen) atoms. The van der Waals surface area contributed by atoms with E-state index in [1.165, 1.54) is 30.5 Å². The molecule has 0 saturated carbocycles. The van der Waals surface area contributed by atoms with E-state index >= 15 is 0 Å². The number of allylic oxidation sites excluding steroid dienone is 5. The van der Waals surface area contributed by atoms with Crippen LogP contribution in [-0.4, -0.2) is 4.98 Å². The van der Waals surface area contributed by atoms with Gasteiger partial charge in [-0.05, 0) is 31.1 Å². The summed E-state index contributed by atoms with van der Waals surface area (Å²) >= 11 is 0. The van der Waals surface area contributed by atoms with Gasteiger partial charge in [-0.25, -0.2) is 13.8 Å². The molecule has 0 fully saturated rings. The van der Waals surface area contributed by atoms with E-state index in [0.29, 0.717) is 12.1 Å². The summed E-state index contributed by atoms with van der Waals surface area (Å²) in [5.74, 6) is 3.39. The van der Waals surface area contributed by atoms with Gasteiger partial charge in [0.1, 0.15) is 0 Å². The molecule has 3 N–H and O–H groups in total. The maximum absolute atomic E-state index is 13.6. The summed E-state index contributed by atoms with van der Waals surface area (Å²) in [7, 11) is 0. The van der Waals surface area contributed by atoms with E-state index in [2.05, 4.69) is 10.4 Å². The lowest BCUT2D eigenvalue weighted by Crippen LogP contribution is -2.09. The summed E-state index contributed by atoms with van der Waals surface area (Å²) in [6, 6.07) is 1.54. The third-order valence-electron chi connectivity index (χ3n) is 2.58. The Balaban J connectivity index is 2.30. The van der Waals surface area contributed by atoms with Crippen molar-refractivity contribution in [1.82, 2.24) is 4.98 Å². The van der Waals surface area contributed by atoms with Gasteiger partial charge in [-0.15, -0.1) is 0 Å². The standard InChI is InChI=1S/C13H13F2N3O/c1-8-6-12(17-7-11(8)18-16)19-13-9(14)4-2-3-5-10(13)15/h2,4-7,18H,3,16H2,1H3. The molecule has 1 aliphatic rings. The zero-order chi connectivity index (χ0) is 13.8. The summed E-state index contributed by atoms with van der Waals surface area (Å²) in [6.07, 6.45) is 5.65. The molecule has 100 valence electrons. The lowest BCUT2D eigenvalue weighted by atomic mass is 10.2. The largest absolute Gasteiger partial charge is 0.433 e. The highest BCUT2D eigenvalue weighted by molar-refractivity contribution is 5.49. The minimum absolute atomic E-state index is 0.0977. The third kappa shape index (κ3) is 2.97. The van der Waals surface area contributed by atoms with Gasteiger partial charge in [-0.3, -0.25) is 5.84 Å². The van der Waals surface area contributed by atoms with Gasteiger partial charge in [0.15, 0.2) is 17.4 Å². The van der Waals surface area contributed by atoms with Gasteiger partial charge in [0.25, 0.3) is 0 Å². The average Bonchev–Trinajstić information content (AvgIpc) is 2.54. The first kappa shape index (κ1) is 13.2. The molecule has 0 amide bonds. The zero-order valence-electron chi connectivity index (χ0n) is 10.3. The summed E-state index contributed by atoms with van der Waals surface area (Å²) in [5, 5.41) is 0. The molecule has 0 aromatic carbocycles. The van der Waals surface area contributed by atoms with Gasteiger partial charge in [0, 0.05) is 6.07 Å². The summed E-state index contributed by atoms with van der Waals surface area (Å²) in [5.41, 5.74) is 3.81. The first-order chi connectivity index (χ1) is 9.11. The third-order valence-corrected chi connectivity index (χ3v) is 2.58. The maximum Gasteiger partial charge on any atom is 0.219 e. The fourth-order valence-electron chi connectivity index (χ4n) is 1.56. The molecule has 4 nitrogen and oxygen atoms in total. The number of pyridine rings is 1. The van der Waals surface area contributed by atoms with Crippen LogP contribution in [0.4, 0.5) is 14.5 Å². The van der Waals surface area contributed by atoms with Crippen LogP contribution in [0.3, 0.4) is 0 Å². The molecule has 0 bridgehead atoms. The van der Waals surface area contributed by atoms with Gasteiger partial charge < -0.3 is 10.2 Å². The first-order valence-electron chi connectivity index (χ1n) is 5.65. The van der Waals surface area contributed by atoms with E-state index in [9.17, 15) is 8.78 Å². The van der Waals surface area contributed by atoms with Crippen LogP contribution < -0.4 is 16.0 Å². The number of hydrogen-bond donors (Lipinski definition) is 2.